The van der Waals surface area contributed by atoms with E-state index in [2.05, 4.69) is 0 Å². The lowest BCUT2D eigenvalue weighted by atomic mass is 10.2. The van der Waals surface area contributed by atoms with E-state index in [4.69, 9.17) is 0 Å². The highest BCUT2D eigenvalue weighted by Gasteiger charge is 2.17. The molecule has 0 saturated heterocycles. The van der Waals surface area contributed by atoms with Crippen molar-refractivity contribution in [2.75, 3.05) is 30.4 Å². The molecular weight excluding hydrogens is 204 g/mol. The summed E-state index contributed by atoms with van der Waals surface area (Å²) in [6, 6.07) is 7.51. The first kappa shape index (κ1) is 12.4. The van der Waals surface area contributed by atoms with E-state index in [0.717, 1.165) is 17.8 Å². The average Bonchev–Trinajstić information content (AvgIpc) is 2.25. The van der Waals surface area contributed by atoms with Crippen molar-refractivity contribution in [3.8, 4) is 0 Å². The van der Waals surface area contributed by atoms with Crippen molar-refractivity contribution in [3.63, 3.8) is 0 Å². The first-order chi connectivity index (χ1) is 7.57. The maximum atomic E-state index is 11.2. The van der Waals surface area contributed by atoms with Crippen LogP contribution in [-0.2, 0) is 0 Å². The van der Waals surface area contributed by atoms with Crippen LogP contribution in [0.2, 0.25) is 0 Å². The molecule has 0 aliphatic heterocycles. The van der Waals surface area contributed by atoms with Crippen LogP contribution in [0, 0.1) is 0 Å². The summed E-state index contributed by atoms with van der Waals surface area (Å²) in [6.07, 6.45) is -0.107. The molecule has 4 nitrogen and oxygen atoms in total. The van der Waals surface area contributed by atoms with Gasteiger partial charge in [0, 0.05) is 20.6 Å². The summed E-state index contributed by atoms with van der Waals surface area (Å²) in [5, 5.41) is 9.17. The fourth-order valence-corrected chi connectivity index (χ4v) is 1.61. The van der Waals surface area contributed by atoms with E-state index in [9.17, 15) is 9.90 Å². The third kappa shape index (κ3) is 2.66. The number of rotatable bonds is 4. The lowest BCUT2D eigenvalue weighted by molar-refractivity contribution is 0.202. The topological polar surface area (TPSA) is 43.8 Å². The molecule has 88 valence electrons. The van der Waals surface area contributed by atoms with E-state index >= 15 is 0 Å². The van der Waals surface area contributed by atoms with Crippen LogP contribution in [0.25, 0.3) is 0 Å². The summed E-state index contributed by atoms with van der Waals surface area (Å²) < 4.78 is 0. The van der Waals surface area contributed by atoms with Crippen LogP contribution in [0.4, 0.5) is 16.2 Å². The molecule has 1 rings (SSSR count). The number of benzene rings is 1. The highest BCUT2D eigenvalue weighted by Crippen LogP contribution is 2.27. The lowest BCUT2D eigenvalue weighted by Crippen LogP contribution is -2.31. The quantitative estimate of drug-likeness (QED) is 0.851. The van der Waals surface area contributed by atoms with Crippen LogP contribution in [0.1, 0.15) is 13.3 Å². The Morgan fingerprint density at radius 3 is 2.25 bits per heavy atom. The van der Waals surface area contributed by atoms with Gasteiger partial charge in [-0.1, -0.05) is 19.1 Å². The van der Waals surface area contributed by atoms with Gasteiger partial charge >= 0.3 is 6.09 Å². The maximum absolute atomic E-state index is 11.2. The normalized spacial score (nSPS) is 9.94. The molecular formula is C12H18N2O2. The lowest BCUT2D eigenvalue weighted by Gasteiger charge is -2.24. The number of carboxylic acid groups (broad SMARTS) is 1. The highest BCUT2D eigenvalue weighted by molar-refractivity contribution is 5.91. The Bertz CT molecular complexity index is 364. The molecule has 4 heteroatoms. The summed E-state index contributed by atoms with van der Waals surface area (Å²) in [7, 11) is 3.82. The first-order valence-corrected chi connectivity index (χ1v) is 5.34. The molecule has 0 spiro atoms. The van der Waals surface area contributed by atoms with Crippen molar-refractivity contribution >= 4 is 17.5 Å². The number of hydrogen-bond acceptors (Lipinski definition) is 2. The largest absolute Gasteiger partial charge is 0.465 e. The molecule has 0 aromatic heterocycles. The van der Waals surface area contributed by atoms with Gasteiger partial charge in [0.15, 0.2) is 0 Å². The number of anilines is 2. The summed E-state index contributed by atoms with van der Waals surface area (Å²) in [5.74, 6) is 0. The minimum absolute atomic E-state index is 0.514. The minimum atomic E-state index is -0.906. The van der Waals surface area contributed by atoms with Crippen LogP contribution in [0.3, 0.4) is 0 Å². The van der Waals surface area contributed by atoms with Crippen molar-refractivity contribution in [2.24, 2.45) is 0 Å². The summed E-state index contributed by atoms with van der Waals surface area (Å²) >= 11 is 0. The summed E-state index contributed by atoms with van der Waals surface area (Å²) in [4.78, 5) is 14.5. The molecule has 0 heterocycles. The Kier molecular flexibility index (Phi) is 4.17. The second-order valence-corrected chi connectivity index (χ2v) is 3.82. The Morgan fingerprint density at radius 1 is 1.25 bits per heavy atom. The van der Waals surface area contributed by atoms with Crippen molar-refractivity contribution in [1.29, 1.82) is 0 Å². The smallest absolute Gasteiger partial charge is 0.411 e. The molecule has 0 radical (unpaired) electrons. The fourth-order valence-electron chi connectivity index (χ4n) is 1.61. The van der Waals surface area contributed by atoms with Crippen LogP contribution < -0.4 is 9.80 Å². The molecule has 0 aliphatic rings. The van der Waals surface area contributed by atoms with E-state index in [1.807, 2.05) is 50.2 Å². The molecule has 0 unspecified atom stereocenters. The van der Waals surface area contributed by atoms with Gasteiger partial charge in [-0.05, 0) is 18.6 Å². The number of hydrogen-bond donors (Lipinski definition) is 1. The van der Waals surface area contributed by atoms with E-state index in [0.29, 0.717) is 6.54 Å². The minimum Gasteiger partial charge on any atom is -0.465 e. The molecule has 1 amide bonds. The molecule has 0 aliphatic carbocycles. The van der Waals surface area contributed by atoms with Gasteiger partial charge in [0.1, 0.15) is 0 Å². The Balaban J connectivity index is 3.12. The molecule has 0 fully saturated rings. The van der Waals surface area contributed by atoms with Crippen molar-refractivity contribution < 1.29 is 9.90 Å². The number of carbonyl (C=O) groups is 1. The number of para-hydroxylation sites is 2. The van der Waals surface area contributed by atoms with Crippen molar-refractivity contribution in [2.45, 2.75) is 13.3 Å². The standard InChI is InChI=1S/C12H18N2O2/c1-4-9-14(12(15)16)11-8-6-5-7-10(11)13(2)3/h5-8H,4,9H2,1-3H3,(H,15,16). The van der Waals surface area contributed by atoms with Gasteiger partial charge < -0.3 is 10.0 Å². The maximum Gasteiger partial charge on any atom is 0.411 e. The zero-order chi connectivity index (χ0) is 12.1. The van der Waals surface area contributed by atoms with Gasteiger partial charge in [0.25, 0.3) is 0 Å². The van der Waals surface area contributed by atoms with E-state index in [-0.39, 0.29) is 0 Å². The summed E-state index contributed by atoms with van der Waals surface area (Å²) in [6.45, 7) is 2.48. The number of amides is 1. The molecule has 1 aromatic rings. The van der Waals surface area contributed by atoms with E-state index in [1.54, 1.807) is 0 Å². The second kappa shape index (κ2) is 5.39. The first-order valence-electron chi connectivity index (χ1n) is 5.34. The van der Waals surface area contributed by atoms with Gasteiger partial charge in [-0.25, -0.2) is 4.79 Å². The van der Waals surface area contributed by atoms with Crippen LogP contribution >= 0.6 is 0 Å². The molecule has 16 heavy (non-hydrogen) atoms. The third-order valence-electron chi connectivity index (χ3n) is 2.33. The Hall–Kier alpha value is -1.71. The number of nitrogens with zero attached hydrogens (tertiary/aromatic N) is 2. The van der Waals surface area contributed by atoms with E-state index < -0.39 is 6.09 Å². The van der Waals surface area contributed by atoms with Gasteiger partial charge in [0.2, 0.25) is 0 Å². The monoisotopic (exact) mass is 222 g/mol. The van der Waals surface area contributed by atoms with Crippen molar-refractivity contribution in [3.05, 3.63) is 24.3 Å². The van der Waals surface area contributed by atoms with Gasteiger partial charge in [-0.3, -0.25) is 4.90 Å². The predicted octanol–water partition coefficient (Wildman–Crippen LogP) is 2.65. The van der Waals surface area contributed by atoms with Crippen LogP contribution in [-0.4, -0.2) is 31.8 Å². The van der Waals surface area contributed by atoms with Gasteiger partial charge in [-0.2, -0.15) is 0 Å². The van der Waals surface area contributed by atoms with Crippen LogP contribution in [0.5, 0.6) is 0 Å². The fraction of sp³-hybridized carbons (Fsp3) is 0.417. The zero-order valence-corrected chi connectivity index (χ0v) is 9.97. The van der Waals surface area contributed by atoms with Crippen LogP contribution in [0.15, 0.2) is 24.3 Å². The van der Waals surface area contributed by atoms with E-state index in [1.165, 1.54) is 4.90 Å². The highest BCUT2D eigenvalue weighted by atomic mass is 16.4. The second-order valence-electron chi connectivity index (χ2n) is 3.82. The molecule has 0 atom stereocenters. The average molecular weight is 222 g/mol. The molecule has 0 saturated carbocycles. The van der Waals surface area contributed by atoms with Gasteiger partial charge in [-0.15, -0.1) is 0 Å². The molecule has 1 aromatic carbocycles. The summed E-state index contributed by atoms with van der Waals surface area (Å²) in [5.41, 5.74) is 1.65. The Labute approximate surface area is 96.1 Å². The van der Waals surface area contributed by atoms with Gasteiger partial charge in [0.05, 0.1) is 11.4 Å². The predicted molar refractivity (Wildman–Crippen MR) is 66.4 cm³/mol. The zero-order valence-electron chi connectivity index (χ0n) is 9.97. The third-order valence-corrected chi connectivity index (χ3v) is 2.33. The van der Waals surface area contributed by atoms with Crippen molar-refractivity contribution in [1.82, 2.24) is 0 Å². The molecule has 1 N–H and O–H groups in total. The SMILES string of the molecule is CCCN(C(=O)O)c1ccccc1N(C)C. The molecule has 0 bridgehead atoms. The Morgan fingerprint density at radius 2 is 1.81 bits per heavy atom.